The summed E-state index contributed by atoms with van der Waals surface area (Å²) in [6, 6.07) is 0.0440. The Morgan fingerprint density at radius 1 is 1.04 bits per heavy atom. The van der Waals surface area contributed by atoms with E-state index in [1.165, 1.54) is 25.6 Å². The molecular formula is C17H28N6O2. The molecule has 1 aromatic rings. The van der Waals surface area contributed by atoms with Gasteiger partial charge in [-0.3, -0.25) is 4.79 Å². The molecule has 1 saturated heterocycles. The number of hydrogen-bond donors (Lipinski definition) is 2. The molecule has 1 aliphatic heterocycles. The van der Waals surface area contributed by atoms with Crippen molar-refractivity contribution in [1.29, 1.82) is 0 Å². The van der Waals surface area contributed by atoms with Gasteiger partial charge in [0.1, 0.15) is 18.7 Å². The predicted octanol–water partition coefficient (Wildman–Crippen LogP) is 1.46. The van der Waals surface area contributed by atoms with E-state index < -0.39 is 0 Å². The van der Waals surface area contributed by atoms with Gasteiger partial charge in [-0.2, -0.15) is 5.10 Å². The molecule has 0 bridgehead atoms. The number of amides is 3. The fourth-order valence-corrected chi connectivity index (χ4v) is 3.70. The molecule has 0 unspecified atom stereocenters. The van der Waals surface area contributed by atoms with E-state index in [0.29, 0.717) is 19.1 Å². The van der Waals surface area contributed by atoms with Crippen LogP contribution >= 0.6 is 0 Å². The Kier molecular flexibility index (Phi) is 5.88. The molecule has 0 aromatic carbocycles. The molecule has 2 aliphatic rings. The van der Waals surface area contributed by atoms with Gasteiger partial charge < -0.3 is 15.5 Å². The average molecular weight is 348 g/mol. The third-order valence-electron chi connectivity index (χ3n) is 5.27. The maximum Gasteiger partial charge on any atom is 0.315 e. The van der Waals surface area contributed by atoms with Crippen molar-refractivity contribution in [2.75, 3.05) is 13.1 Å². The molecule has 8 heteroatoms. The molecule has 1 saturated carbocycles. The molecule has 2 fully saturated rings. The highest BCUT2D eigenvalue weighted by molar-refractivity contribution is 5.80. The molecule has 0 spiro atoms. The van der Waals surface area contributed by atoms with E-state index in [2.05, 4.69) is 20.7 Å². The number of carbonyl (C=O) groups is 2. The predicted molar refractivity (Wildman–Crippen MR) is 92.9 cm³/mol. The highest BCUT2D eigenvalue weighted by Crippen LogP contribution is 2.18. The Morgan fingerprint density at radius 2 is 1.68 bits per heavy atom. The van der Waals surface area contributed by atoms with Crippen LogP contribution in [0.1, 0.15) is 57.9 Å². The number of hydrogen-bond acceptors (Lipinski definition) is 4. The maximum absolute atomic E-state index is 12.5. The van der Waals surface area contributed by atoms with Gasteiger partial charge >= 0.3 is 6.03 Å². The summed E-state index contributed by atoms with van der Waals surface area (Å²) in [5.41, 5.74) is 0. The molecule has 3 rings (SSSR count). The Bertz CT molecular complexity index is 562. The Labute approximate surface area is 148 Å². The van der Waals surface area contributed by atoms with Crippen molar-refractivity contribution < 1.29 is 9.59 Å². The van der Waals surface area contributed by atoms with Crippen LogP contribution in [-0.2, 0) is 4.79 Å². The maximum atomic E-state index is 12.5. The van der Waals surface area contributed by atoms with E-state index in [0.717, 1.165) is 25.7 Å². The first-order chi connectivity index (χ1) is 12.1. The normalized spacial score (nSPS) is 20.9. The van der Waals surface area contributed by atoms with Gasteiger partial charge in [-0.25, -0.2) is 14.5 Å². The van der Waals surface area contributed by atoms with Crippen molar-refractivity contribution in [3.05, 3.63) is 12.7 Å². The molecule has 8 nitrogen and oxygen atoms in total. The quantitative estimate of drug-likeness (QED) is 0.862. The van der Waals surface area contributed by atoms with Crippen LogP contribution < -0.4 is 10.6 Å². The SMILES string of the molecule is C[C@H](C(=O)N1CCC(NC(=O)NC2CCCCC2)CC1)n1cncn1. The fraction of sp³-hybridized carbons (Fsp3) is 0.765. The second-order valence-corrected chi connectivity index (χ2v) is 7.10. The Balaban J connectivity index is 1.40. The molecule has 1 aromatic heterocycles. The van der Waals surface area contributed by atoms with Gasteiger partial charge in [-0.05, 0) is 32.6 Å². The van der Waals surface area contributed by atoms with E-state index in [4.69, 9.17) is 0 Å². The number of aromatic nitrogens is 3. The van der Waals surface area contributed by atoms with Crippen molar-refractivity contribution in [2.24, 2.45) is 0 Å². The van der Waals surface area contributed by atoms with Crippen LogP contribution in [0.25, 0.3) is 0 Å². The van der Waals surface area contributed by atoms with Crippen molar-refractivity contribution >= 4 is 11.9 Å². The van der Waals surface area contributed by atoms with Gasteiger partial charge in [-0.1, -0.05) is 19.3 Å². The molecule has 25 heavy (non-hydrogen) atoms. The summed E-state index contributed by atoms with van der Waals surface area (Å²) in [6.45, 7) is 3.15. The number of nitrogens with zero attached hydrogens (tertiary/aromatic N) is 4. The Morgan fingerprint density at radius 3 is 2.28 bits per heavy atom. The van der Waals surface area contributed by atoms with Crippen molar-refractivity contribution in [2.45, 2.75) is 70.0 Å². The molecule has 0 radical (unpaired) electrons. The lowest BCUT2D eigenvalue weighted by atomic mass is 9.96. The minimum atomic E-state index is -0.346. The third-order valence-corrected chi connectivity index (χ3v) is 5.27. The van der Waals surface area contributed by atoms with Crippen LogP contribution in [0.5, 0.6) is 0 Å². The summed E-state index contributed by atoms with van der Waals surface area (Å²) >= 11 is 0. The molecule has 1 atom stereocenters. The molecule has 3 amide bonds. The number of piperidine rings is 1. The zero-order valence-electron chi connectivity index (χ0n) is 14.9. The lowest BCUT2D eigenvalue weighted by molar-refractivity contribution is -0.135. The highest BCUT2D eigenvalue weighted by Gasteiger charge is 2.28. The number of carbonyl (C=O) groups excluding carboxylic acids is 2. The van der Waals surface area contributed by atoms with E-state index in [1.807, 2.05) is 11.8 Å². The summed E-state index contributed by atoms with van der Waals surface area (Å²) in [5.74, 6) is 0.0515. The smallest absolute Gasteiger partial charge is 0.315 e. The molecular weight excluding hydrogens is 320 g/mol. The highest BCUT2D eigenvalue weighted by atomic mass is 16.2. The number of nitrogens with one attached hydrogen (secondary N) is 2. The summed E-state index contributed by atoms with van der Waals surface area (Å²) in [7, 11) is 0. The first-order valence-electron chi connectivity index (χ1n) is 9.33. The summed E-state index contributed by atoms with van der Waals surface area (Å²) in [4.78, 5) is 30.4. The second-order valence-electron chi connectivity index (χ2n) is 7.10. The number of urea groups is 1. The fourth-order valence-electron chi connectivity index (χ4n) is 3.70. The van der Waals surface area contributed by atoms with E-state index in [9.17, 15) is 9.59 Å². The zero-order chi connectivity index (χ0) is 17.6. The van der Waals surface area contributed by atoms with E-state index >= 15 is 0 Å². The van der Waals surface area contributed by atoms with Crippen LogP contribution in [0, 0.1) is 0 Å². The molecule has 2 heterocycles. The summed E-state index contributed by atoms with van der Waals surface area (Å²) in [5, 5.41) is 10.2. The van der Waals surface area contributed by atoms with Gasteiger partial charge in [-0.15, -0.1) is 0 Å². The standard InChI is InChI=1S/C17H28N6O2/c1-13(23-12-18-11-19-23)16(24)22-9-7-15(8-10-22)21-17(25)20-14-5-3-2-4-6-14/h11-15H,2-10H2,1H3,(H2,20,21,25)/t13-/m1/s1. The van der Waals surface area contributed by atoms with Gasteiger partial charge in [0.2, 0.25) is 5.91 Å². The molecule has 138 valence electrons. The largest absolute Gasteiger partial charge is 0.341 e. The first kappa shape index (κ1) is 17.7. The Hall–Kier alpha value is -2.12. The first-order valence-corrected chi connectivity index (χ1v) is 9.33. The lowest BCUT2D eigenvalue weighted by Gasteiger charge is -2.34. The van der Waals surface area contributed by atoms with Gasteiger partial charge in [0.25, 0.3) is 0 Å². The van der Waals surface area contributed by atoms with Crippen LogP contribution in [0.4, 0.5) is 4.79 Å². The van der Waals surface area contributed by atoms with Gasteiger partial charge in [0.05, 0.1) is 0 Å². The average Bonchev–Trinajstić information content (AvgIpc) is 3.16. The van der Waals surface area contributed by atoms with Crippen LogP contribution in [0.15, 0.2) is 12.7 Å². The number of likely N-dealkylation sites (tertiary alicyclic amines) is 1. The molecule has 1 aliphatic carbocycles. The minimum Gasteiger partial charge on any atom is -0.341 e. The van der Waals surface area contributed by atoms with Gasteiger partial charge in [0.15, 0.2) is 0 Å². The third kappa shape index (κ3) is 4.70. The molecule has 2 N–H and O–H groups in total. The minimum absolute atomic E-state index is 0.0515. The van der Waals surface area contributed by atoms with E-state index in [1.54, 1.807) is 11.0 Å². The summed E-state index contributed by atoms with van der Waals surface area (Å²) < 4.78 is 1.57. The van der Waals surface area contributed by atoms with E-state index in [-0.39, 0.29) is 24.0 Å². The van der Waals surface area contributed by atoms with Gasteiger partial charge in [0, 0.05) is 25.2 Å². The second kappa shape index (κ2) is 8.31. The topological polar surface area (TPSA) is 92.2 Å². The van der Waals surface area contributed by atoms with Crippen LogP contribution in [-0.4, -0.2) is 56.8 Å². The summed E-state index contributed by atoms with van der Waals surface area (Å²) in [6.07, 6.45) is 10.4. The lowest BCUT2D eigenvalue weighted by Crippen LogP contribution is -2.51. The zero-order valence-corrected chi connectivity index (χ0v) is 14.9. The van der Waals surface area contributed by atoms with Crippen molar-refractivity contribution in [3.63, 3.8) is 0 Å². The van der Waals surface area contributed by atoms with Crippen molar-refractivity contribution in [3.8, 4) is 0 Å². The monoisotopic (exact) mass is 348 g/mol. The van der Waals surface area contributed by atoms with Crippen LogP contribution in [0.3, 0.4) is 0 Å². The van der Waals surface area contributed by atoms with Crippen LogP contribution in [0.2, 0.25) is 0 Å². The van der Waals surface area contributed by atoms with Crippen molar-refractivity contribution in [1.82, 2.24) is 30.3 Å². The number of rotatable bonds is 4.